The number of hydrogen-bond acceptors (Lipinski definition) is 6. The van der Waals surface area contributed by atoms with Crippen LogP contribution in [0.2, 0.25) is 0 Å². The van der Waals surface area contributed by atoms with Crippen LogP contribution in [0.1, 0.15) is 10.4 Å². The largest absolute Gasteiger partial charge is 0.395 e. The number of anilines is 1. The fraction of sp³-hybridized carbons (Fsp3) is 0.350. The molecule has 9 heteroatoms. The lowest BCUT2D eigenvalue weighted by Gasteiger charge is -2.35. The number of rotatable bonds is 4. The Bertz CT molecular complexity index is 890. The van der Waals surface area contributed by atoms with Gasteiger partial charge in [0.15, 0.2) is 0 Å². The lowest BCUT2D eigenvalue weighted by molar-refractivity contribution is -0.131. The Hall–Kier alpha value is -2.13. The summed E-state index contributed by atoms with van der Waals surface area (Å²) in [7, 11) is 0. The average molecular weight is 435 g/mol. The molecule has 0 saturated carbocycles. The van der Waals surface area contributed by atoms with Crippen LogP contribution in [0.5, 0.6) is 0 Å². The number of carbonyl (C=O) groups excluding carboxylic acids is 2. The molecule has 2 aliphatic rings. The molecule has 0 radical (unpaired) electrons. The highest BCUT2D eigenvalue weighted by Gasteiger charge is 2.31. The number of halogens is 1. The van der Waals surface area contributed by atoms with Crippen molar-refractivity contribution in [3.05, 3.63) is 48.2 Å². The van der Waals surface area contributed by atoms with E-state index >= 15 is 0 Å². The SMILES string of the molecule is Cl.O=C(CN1C(=O)c2ccccc2Sc2ncccc21)N1CCN(CCO)CC1. The van der Waals surface area contributed by atoms with Gasteiger partial charge in [-0.25, -0.2) is 4.98 Å². The molecule has 1 N–H and O–H groups in total. The molecule has 1 aromatic carbocycles. The van der Waals surface area contributed by atoms with Crippen LogP contribution < -0.4 is 4.90 Å². The van der Waals surface area contributed by atoms with Gasteiger partial charge in [0.1, 0.15) is 11.6 Å². The van der Waals surface area contributed by atoms with E-state index in [4.69, 9.17) is 5.11 Å². The molecule has 2 aliphatic heterocycles. The lowest BCUT2D eigenvalue weighted by atomic mass is 10.2. The van der Waals surface area contributed by atoms with Crippen molar-refractivity contribution in [1.29, 1.82) is 0 Å². The van der Waals surface area contributed by atoms with Gasteiger partial charge >= 0.3 is 0 Å². The van der Waals surface area contributed by atoms with Crippen LogP contribution in [0.3, 0.4) is 0 Å². The summed E-state index contributed by atoms with van der Waals surface area (Å²) in [5.41, 5.74) is 1.26. The molecule has 2 aromatic rings. The van der Waals surface area contributed by atoms with Gasteiger partial charge in [-0.15, -0.1) is 12.4 Å². The molecule has 0 aliphatic carbocycles. The molecule has 0 bridgehead atoms. The summed E-state index contributed by atoms with van der Waals surface area (Å²) in [4.78, 5) is 36.9. The highest BCUT2D eigenvalue weighted by atomic mass is 35.5. The number of aliphatic hydroxyl groups is 1. The number of aromatic nitrogens is 1. The molecule has 1 saturated heterocycles. The third-order valence-electron chi connectivity index (χ3n) is 5.05. The molecule has 2 amide bonds. The predicted molar refractivity (Wildman–Crippen MR) is 114 cm³/mol. The summed E-state index contributed by atoms with van der Waals surface area (Å²) in [5, 5.41) is 9.79. The minimum Gasteiger partial charge on any atom is -0.395 e. The normalized spacial score (nSPS) is 16.5. The van der Waals surface area contributed by atoms with Crippen molar-refractivity contribution in [2.75, 3.05) is 50.8 Å². The number of pyridine rings is 1. The topological polar surface area (TPSA) is 77.0 Å². The van der Waals surface area contributed by atoms with Crippen LogP contribution in [-0.4, -0.2) is 77.6 Å². The molecule has 29 heavy (non-hydrogen) atoms. The highest BCUT2D eigenvalue weighted by molar-refractivity contribution is 7.99. The van der Waals surface area contributed by atoms with Crippen LogP contribution in [-0.2, 0) is 4.79 Å². The Morgan fingerprint density at radius 3 is 2.62 bits per heavy atom. The average Bonchev–Trinajstić information content (AvgIpc) is 2.84. The second-order valence-electron chi connectivity index (χ2n) is 6.76. The Kier molecular flexibility index (Phi) is 7.13. The van der Waals surface area contributed by atoms with E-state index in [2.05, 4.69) is 9.88 Å². The Labute approximate surface area is 180 Å². The summed E-state index contributed by atoms with van der Waals surface area (Å²) in [5.74, 6) is -0.252. The summed E-state index contributed by atoms with van der Waals surface area (Å²) < 4.78 is 0. The minimum absolute atomic E-state index is 0. The highest BCUT2D eigenvalue weighted by Crippen LogP contribution is 2.39. The summed E-state index contributed by atoms with van der Waals surface area (Å²) in [6.45, 7) is 3.41. The Morgan fingerprint density at radius 2 is 1.86 bits per heavy atom. The zero-order valence-corrected chi connectivity index (χ0v) is 17.5. The van der Waals surface area contributed by atoms with Gasteiger partial charge in [-0.2, -0.15) is 0 Å². The van der Waals surface area contributed by atoms with E-state index in [1.807, 2.05) is 24.3 Å². The fourth-order valence-corrected chi connectivity index (χ4v) is 4.53. The minimum atomic E-state index is -0.179. The van der Waals surface area contributed by atoms with Crippen molar-refractivity contribution < 1.29 is 14.7 Å². The van der Waals surface area contributed by atoms with Gasteiger partial charge in [0, 0.05) is 43.8 Å². The van der Waals surface area contributed by atoms with E-state index in [0.29, 0.717) is 30.9 Å². The van der Waals surface area contributed by atoms with Crippen molar-refractivity contribution in [1.82, 2.24) is 14.8 Å². The number of piperazine rings is 1. The van der Waals surface area contributed by atoms with Crippen LogP contribution in [0.25, 0.3) is 0 Å². The molecule has 0 atom stereocenters. The van der Waals surface area contributed by atoms with Crippen molar-refractivity contribution in [2.45, 2.75) is 9.92 Å². The molecule has 154 valence electrons. The number of amides is 2. The van der Waals surface area contributed by atoms with Crippen LogP contribution in [0.15, 0.2) is 52.5 Å². The second kappa shape index (κ2) is 9.58. The Balaban J connectivity index is 0.00000240. The zero-order valence-electron chi connectivity index (χ0n) is 15.9. The molecule has 1 aromatic heterocycles. The first kappa shape index (κ1) is 21.6. The van der Waals surface area contributed by atoms with Gasteiger partial charge < -0.3 is 10.0 Å². The van der Waals surface area contributed by atoms with E-state index in [1.165, 1.54) is 11.8 Å². The van der Waals surface area contributed by atoms with Crippen molar-refractivity contribution in [3.63, 3.8) is 0 Å². The Morgan fingerprint density at radius 1 is 1.10 bits per heavy atom. The number of β-amino-alcohol motifs (C(OH)–C–C–N with tert-alkyl or cyclic N) is 1. The van der Waals surface area contributed by atoms with E-state index < -0.39 is 0 Å². The predicted octanol–water partition coefficient (Wildman–Crippen LogP) is 1.75. The number of hydrogen-bond donors (Lipinski definition) is 1. The first-order valence-corrected chi connectivity index (χ1v) is 10.1. The summed E-state index contributed by atoms with van der Waals surface area (Å²) in [6, 6.07) is 11.1. The molecule has 7 nitrogen and oxygen atoms in total. The molecular weight excluding hydrogens is 412 g/mol. The third-order valence-corrected chi connectivity index (χ3v) is 6.13. The maximum absolute atomic E-state index is 13.2. The van der Waals surface area contributed by atoms with Gasteiger partial charge in [-0.05, 0) is 24.3 Å². The number of carbonyl (C=O) groups is 2. The van der Waals surface area contributed by atoms with Gasteiger partial charge in [-0.3, -0.25) is 19.4 Å². The zero-order chi connectivity index (χ0) is 19.5. The van der Waals surface area contributed by atoms with E-state index in [9.17, 15) is 9.59 Å². The monoisotopic (exact) mass is 434 g/mol. The summed E-state index contributed by atoms with van der Waals surface area (Å²) >= 11 is 1.45. The molecule has 1 fully saturated rings. The number of aliphatic hydroxyl groups excluding tert-OH is 1. The molecule has 4 rings (SSSR count). The summed E-state index contributed by atoms with van der Waals surface area (Å²) in [6.07, 6.45) is 1.70. The standard InChI is InChI=1S/C20H22N4O3S.ClH/c25-13-12-22-8-10-23(11-9-22)18(26)14-24-16-5-3-7-21-19(16)28-17-6-2-1-4-15(17)20(24)27;/h1-7,25H,8-14H2;1H. The molecule has 3 heterocycles. The smallest absolute Gasteiger partial charge is 0.259 e. The van der Waals surface area contributed by atoms with Gasteiger partial charge in [0.25, 0.3) is 5.91 Å². The lowest BCUT2D eigenvalue weighted by Crippen LogP contribution is -2.52. The fourth-order valence-electron chi connectivity index (χ4n) is 3.51. The first-order valence-electron chi connectivity index (χ1n) is 9.32. The van der Waals surface area contributed by atoms with Crippen LogP contribution in [0.4, 0.5) is 5.69 Å². The maximum Gasteiger partial charge on any atom is 0.259 e. The van der Waals surface area contributed by atoms with E-state index in [1.54, 1.807) is 28.1 Å². The third kappa shape index (κ3) is 4.56. The maximum atomic E-state index is 13.2. The second-order valence-corrected chi connectivity index (χ2v) is 7.79. The quantitative estimate of drug-likeness (QED) is 0.790. The van der Waals surface area contributed by atoms with E-state index in [0.717, 1.165) is 23.0 Å². The number of fused-ring (bicyclic) bond motifs is 2. The first-order chi connectivity index (χ1) is 13.7. The van der Waals surface area contributed by atoms with Gasteiger partial charge in [0.2, 0.25) is 5.91 Å². The van der Waals surface area contributed by atoms with Gasteiger partial charge in [0.05, 0.1) is 17.9 Å². The molecule has 0 spiro atoms. The van der Waals surface area contributed by atoms with Gasteiger partial charge in [-0.1, -0.05) is 23.9 Å². The van der Waals surface area contributed by atoms with E-state index in [-0.39, 0.29) is 37.4 Å². The van der Waals surface area contributed by atoms with Crippen molar-refractivity contribution in [3.8, 4) is 0 Å². The van der Waals surface area contributed by atoms with Crippen LogP contribution in [0, 0.1) is 0 Å². The molecular formula is C20H23ClN4O3S. The van der Waals surface area contributed by atoms with Crippen LogP contribution >= 0.6 is 24.2 Å². The van der Waals surface area contributed by atoms with Crippen molar-refractivity contribution >= 4 is 41.7 Å². The number of benzene rings is 1. The van der Waals surface area contributed by atoms with Crippen molar-refractivity contribution in [2.24, 2.45) is 0 Å². The molecule has 0 unspecified atom stereocenters. The number of nitrogens with zero attached hydrogens (tertiary/aromatic N) is 4.